The number of aryl methyl sites for hydroxylation is 1. The lowest BCUT2D eigenvalue weighted by Crippen LogP contribution is -2.25. The molecule has 0 unspecified atom stereocenters. The van der Waals surface area contributed by atoms with Crippen molar-refractivity contribution in [2.45, 2.75) is 25.9 Å². The first kappa shape index (κ1) is 14.3. The van der Waals surface area contributed by atoms with Gasteiger partial charge in [-0.05, 0) is 24.1 Å². The van der Waals surface area contributed by atoms with E-state index in [1.807, 2.05) is 6.07 Å². The number of rotatable bonds is 3. The van der Waals surface area contributed by atoms with E-state index < -0.39 is 0 Å². The van der Waals surface area contributed by atoms with Crippen LogP contribution in [-0.2, 0) is 24.3 Å². The molecule has 4 nitrogen and oxygen atoms in total. The van der Waals surface area contributed by atoms with Gasteiger partial charge in [-0.15, -0.1) is 0 Å². The standard InChI is InChI=1S/C15H13Cl2N3O/c16-12-3-1-10(13(17)5-12)2-4-15(21)20-7-11-6-18-9-19-14(11)8-20/h1,3,5-6,9H,2,4,7-8H2. The minimum atomic E-state index is 0.0963. The Morgan fingerprint density at radius 2 is 2.14 bits per heavy atom. The van der Waals surface area contributed by atoms with Crippen LogP contribution in [0.25, 0.3) is 0 Å². The zero-order valence-electron chi connectivity index (χ0n) is 11.2. The summed E-state index contributed by atoms with van der Waals surface area (Å²) in [5.74, 6) is 0.0963. The van der Waals surface area contributed by atoms with Crippen molar-refractivity contribution in [1.29, 1.82) is 0 Å². The van der Waals surface area contributed by atoms with Crippen molar-refractivity contribution in [2.24, 2.45) is 0 Å². The highest BCUT2D eigenvalue weighted by molar-refractivity contribution is 6.35. The van der Waals surface area contributed by atoms with E-state index in [4.69, 9.17) is 23.2 Å². The monoisotopic (exact) mass is 321 g/mol. The molecule has 1 aliphatic rings. The van der Waals surface area contributed by atoms with Gasteiger partial charge in [0.1, 0.15) is 6.33 Å². The Hall–Kier alpha value is -1.65. The maximum atomic E-state index is 12.3. The molecule has 0 spiro atoms. The van der Waals surface area contributed by atoms with Gasteiger partial charge in [0, 0.05) is 34.8 Å². The fourth-order valence-corrected chi connectivity index (χ4v) is 2.90. The molecule has 1 aliphatic heterocycles. The molecule has 0 fully saturated rings. The average Bonchev–Trinajstić information content (AvgIpc) is 2.90. The van der Waals surface area contributed by atoms with Crippen LogP contribution in [0.4, 0.5) is 0 Å². The van der Waals surface area contributed by atoms with Gasteiger partial charge in [-0.1, -0.05) is 29.3 Å². The molecule has 0 bridgehead atoms. The zero-order valence-corrected chi connectivity index (χ0v) is 12.7. The van der Waals surface area contributed by atoms with Crippen molar-refractivity contribution >= 4 is 29.1 Å². The highest BCUT2D eigenvalue weighted by Crippen LogP contribution is 2.24. The Labute approximate surface area is 132 Å². The molecule has 0 N–H and O–H groups in total. The average molecular weight is 322 g/mol. The Morgan fingerprint density at radius 3 is 2.90 bits per heavy atom. The van der Waals surface area contributed by atoms with Crippen molar-refractivity contribution in [2.75, 3.05) is 0 Å². The van der Waals surface area contributed by atoms with Crippen LogP contribution in [0.15, 0.2) is 30.7 Å². The van der Waals surface area contributed by atoms with E-state index in [1.165, 1.54) is 6.33 Å². The van der Waals surface area contributed by atoms with E-state index in [9.17, 15) is 4.79 Å². The summed E-state index contributed by atoms with van der Waals surface area (Å²) in [7, 11) is 0. The quantitative estimate of drug-likeness (QED) is 0.871. The highest BCUT2D eigenvalue weighted by atomic mass is 35.5. The Balaban J connectivity index is 1.61. The number of nitrogens with zero attached hydrogens (tertiary/aromatic N) is 3. The second-order valence-electron chi connectivity index (χ2n) is 4.98. The van der Waals surface area contributed by atoms with Gasteiger partial charge in [0.15, 0.2) is 0 Å². The van der Waals surface area contributed by atoms with Crippen molar-refractivity contribution in [1.82, 2.24) is 14.9 Å². The summed E-state index contributed by atoms with van der Waals surface area (Å²) in [6.07, 6.45) is 4.31. The number of hydrogen-bond acceptors (Lipinski definition) is 3. The van der Waals surface area contributed by atoms with Crippen molar-refractivity contribution in [3.63, 3.8) is 0 Å². The lowest BCUT2D eigenvalue weighted by Gasteiger charge is -2.15. The third-order valence-electron chi connectivity index (χ3n) is 3.56. The summed E-state index contributed by atoms with van der Waals surface area (Å²) in [5.41, 5.74) is 2.89. The van der Waals surface area contributed by atoms with Crippen LogP contribution in [0.3, 0.4) is 0 Å². The zero-order chi connectivity index (χ0) is 14.8. The third-order valence-corrected chi connectivity index (χ3v) is 4.15. The van der Waals surface area contributed by atoms with Crippen LogP contribution in [0.2, 0.25) is 10.0 Å². The molecule has 0 aliphatic carbocycles. The number of aromatic nitrogens is 2. The van der Waals surface area contributed by atoms with Gasteiger partial charge < -0.3 is 4.90 Å². The number of fused-ring (bicyclic) bond motifs is 1. The Bertz CT molecular complexity index is 665. The van der Waals surface area contributed by atoms with E-state index in [2.05, 4.69) is 9.97 Å². The summed E-state index contributed by atoms with van der Waals surface area (Å²) in [4.78, 5) is 22.2. The molecule has 2 heterocycles. The first-order valence-electron chi connectivity index (χ1n) is 6.63. The smallest absolute Gasteiger partial charge is 0.223 e. The molecule has 1 amide bonds. The van der Waals surface area contributed by atoms with Crippen LogP contribution in [0.1, 0.15) is 23.2 Å². The van der Waals surface area contributed by atoms with E-state index in [0.29, 0.717) is 36.0 Å². The number of halogens is 2. The third kappa shape index (κ3) is 3.17. The summed E-state index contributed by atoms with van der Waals surface area (Å²) in [5, 5.41) is 1.20. The van der Waals surface area contributed by atoms with Crippen LogP contribution in [0, 0.1) is 0 Å². The minimum Gasteiger partial charge on any atom is -0.332 e. The first-order valence-corrected chi connectivity index (χ1v) is 7.38. The second-order valence-corrected chi connectivity index (χ2v) is 5.82. The Morgan fingerprint density at radius 1 is 1.29 bits per heavy atom. The Kier molecular flexibility index (Phi) is 4.08. The number of carbonyl (C=O) groups is 1. The van der Waals surface area contributed by atoms with Crippen LogP contribution in [0.5, 0.6) is 0 Å². The second kappa shape index (κ2) is 6.00. The highest BCUT2D eigenvalue weighted by Gasteiger charge is 2.24. The molecule has 0 atom stereocenters. The number of benzene rings is 1. The van der Waals surface area contributed by atoms with Crippen LogP contribution < -0.4 is 0 Å². The fraction of sp³-hybridized carbons (Fsp3) is 0.267. The minimum absolute atomic E-state index is 0.0963. The van der Waals surface area contributed by atoms with Crippen molar-refractivity contribution in [3.8, 4) is 0 Å². The van der Waals surface area contributed by atoms with Gasteiger partial charge in [0.25, 0.3) is 0 Å². The van der Waals surface area contributed by atoms with Crippen molar-refractivity contribution in [3.05, 3.63) is 57.6 Å². The lowest BCUT2D eigenvalue weighted by molar-refractivity contribution is -0.131. The molecule has 3 rings (SSSR count). The van der Waals surface area contributed by atoms with Crippen LogP contribution in [-0.4, -0.2) is 20.8 Å². The summed E-state index contributed by atoms with van der Waals surface area (Å²) < 4.78 is 0. The van der Waals surface area contributed by atoms with E-state index in [0.717, 1.165) is 16.8 Å². The molecule has 1 aromatic carbocycles. The topological polar surface area (TPSA) is 46.1 Å². The maximum Gasteiger partial charge on any atom is 0.223 e. The molecule has 2 aromatic rings. The van der Waals surface area contributed by atoms with Gasteiger partial charge in [-0.25, -0.2) is 9.97 Å². The van der Waals surface area contributed by atoms with Gasteiger partial charge in [0.2, 0.25) is 5.91 Å². The molecule has 21 heavy (non-hydrogen) atoms. The SMILES string of the molecule is O=C(CCc1ccc(Cl)cc1Cl)N1Cc2cncnc2C1. The molecular weight excluding hydrogens is 309 g/mol. The van der Waals surface area contributed by atoms with E-state index in [1.54, 1.807) is 23.2 Å². The van der Waals surface area contributed by atoms with E-state index >= 15 is 0 Å². The largest absolute Gasteiger partial charge is 0.332 e. The van der Waals surface area contributed by atoms with Gasteiger partial charge in [-0.2, -0.15) is 0 Å². The summed E-state index contributed by atoms with van der Waals surface area (Å²) in [6, 6.07) is 5.35. The van der Waals surface area contributed by atoms with Gasteiger partial charge >= 0.3 is 0 Å². The molecular formula is C15H13Cl2N3O. The lowest BCUT2D eigenvalue weighted by atomic mass is 10.1. The normalized spacial score (nSPS) is 13.3. The summed E-state index contributed by atoms with van der Waals surface area (Å²) >= 11 is 12.0. The molecule has 108 valence electrons. The van der Waals surface area contributed by atoms with Gasteiger partial charge in [-0.3, -0.25) is 4.79 Å². The maximum absolute atomic E-state index is 12.3. The number of carbonyl (C=O) groups excluding carboxylic acids is 1. The van der Waals surface area contributed by atoms with Crippen molar-refractivity contribution < 1.29 is 4.79 Å². The fourth-order valence-electron chi connectivity index (χ4n) is 2.40. The molecule has 0 radical (unpaired) electrons. The predicted octanol–water partition coefficient (Wildman–Crippen LogP) is 3.26. The number of hydrogen-bond donors (Lipinski definition) is 0. The molecule has 6 heteroatoms. The predicted molar refractivity (Wildman–Crippen MR) is 81.1 cm³/mol. The summed E-state index contributed by atoms with van der Waals surface area (Å²) in [6.45, 7) is 1.15. The van der Waals surface area contributed by atoms with Crippen LogP contribution >= 0.6 is 23.2 Å². The van der Waals surface area contributed by atoms with Gasteiger partial charge in [0.05, 0.1) is 12.2 Å². The number of amides is 1. The molecule has 0 saturated carbocycles. The first-order chi connectivity index (χ1) is 10.1. The van der Waals surface area contributed by atoms with E-state index in [-0.39, 0.29) is 5.91 Å². The molecule has 0 saturated heterocycles. The molecule has 1 aromatic heterocycles.